The Labute approximate surface area is 116 Å². The van der Waals surface area contributed by atoms with Crippen LogP contribution in [0.3, 0.4) is 0 Å². The van der Waals surface area contributed by atoms with Crippen molar-refractivity contribution in [2.24, 2.45) is 11.7 Å². The van der Waals surface area contributed by atoms with Crippen molar-refractivity contribution >= 4 is 12.4 Å². The maximum Gasteiger partial charge on any atom is 0.0417 e. The number of piperidine rings is 1. The first-order valence-electron chi connectivity index (χ1n) is 6.57. The highest BCUT2D eigenvalue weighted by atomic mass is 35.5. The SMILES string of the molecule is Cc1ncccc1CN1CCCC(C)C1CN.Cl. The van der Waals surface area contributed by atoms with Gasteiger partial charge in [0.25, 0.3) is 0 Å². The fraction of sp³-hybridized carbons (Fsp3) is 0.643. The van der Waals surface area contributed by atoms with Crippen molar-refractivity contribution < 1.29 is 0 Å². The molecule has 0 saturated carbocycles. The van der Waals surface area contributed by atoms with Crippen molar-refractivity contribution in [2.75, 3.05) is 13.1 Å². The lowest BCUT2D eigenvalue weighted by molar-refractivity contribution is 0.0987. The summed E-state index contributed by atoms with van der Waals surface area (Å²) in [7, 11) is 0. The molecule has 2 rings (SSSR count). The highest BCUT2D eigenvalue weighted by Crippen LogP contribution is 2.24. The van der Waals surface area contributed by atoms with E-state index >= 15 is 0 Å². The molecule has 1 saturated heterocycles. The van der Waals surface area contributed by atoms with Gasteiger partial charge in [0.05, 0.1) is 0 Å². The number of pyridine rings is 1. The Hall–Kier alpha value is -0.640. The molecule has 18 heavy (non-hydrogen) atoms. The van der Waals surface area contributed by atoms with E-state index in [0.717, 1.165) is 18.8 Å². The second kappa shape index (κ2) is 7.07. The quantitative estimate of drug-likeness (QED) is 0.916. The number of aryl methyl sites for hydroxylation is 1. The third-order valence-electron chi connectivity index (χ3n) is 3.96. The van der Waals surface area contributed by atoms with Crippen LogP contribution in [0.5, 0.6) is 0 Å². The zero-order chi connectivity index (χ0) is 12.3. The average molecular weight is 270 g/mol. The van der Waals surface area contributed by atoms with Crippen LogP contribution in [0.25, 0.3) is 0 Å². The second-order valence-corrected chi connectivity index (χ2v) is 5.14. The summed E-state index contributed by atoms with van der Waals surface area (Å²) in [6.45, 7) is 7.33. The van der Waals surface area contributed by atoms with Gasteiger partial charge in [-0.2, -0.15) is 0 Å². The molecule has 1 fully saturated rings. The Balaban J connectivity index is 0.00000162. The summed E-state index contributed by atoms with van der Waals surface area (Å²) >= 11 is 0. The molecule has 0 radical (unpaired) electrons. The van der Waals surface area contributed by atoms with Gasteiger partial charge in [-0.05, 0) is 43.9 Å². The predicted octanol–water partition coefficient (Wildman–Crippen LogP) is 2.37. The second-order valence-electron chi connectivity index (χ2n) is 5.14. The molecule has 3 nitrogen and oxygen atoms in total. The first-order valence-corrected chi connectivity index (χ1v) is 6.57. The molecule has 4 heteroatoms. The number of halogens is 1. The summed E-state index contributed by atoms with van der Waals surface area (Å²) < 4.78 is 0. The van der Waals surface area contributed by atoms with Crippen molar-refractivity contribution in [3.63, 3.8) is 0 Å². The van der Waals surface area contributed by atoms with E-state index < -0.39 is 0 Å². The monoisotopic (exact) mass is 269 g/mol. The van der Waals surface area contributed by atoms with E-state index in [4.69, 9.17) is 5.73 Å². The van der Waals surface area contributed by atoms with E-state index in [1.54, 1.807) is 0 Å². The molecule has 2 atom stereocenters. The van der Waals surface area contributed by atoms with Gasteiger partial charge in [-0.1, -0.05) is 13.0 Å². The predicted molar refractivity (Wildman–Crippen MR) is 77.9 cm³/mol. The van der Waals surface area contributed by atoms with Crippen LogP contribution in [0.2, 0.25) is 0 Å². The number of likely N-dealkylation sites (tertiary alicyclic amines) is 1. The van der Waals surface area contributed by atoms with Crippen LogP contribution in [0.15, 0.2) is 18.3 Å². The molecule has 102 valence electrons. The summed E-state index contributed by atoms with van der Waals surface area (Å²) in [5.41, 5.74) is 8.39. The molecule has 0 spiro atoms. The van der Waals surface area contributed by atoms with E-state index in [2.05, 4.69) is 29.8 Å². The molecule has 2 N–H and O–H groups in total. The van der Waals surface area contributed by atoms with Crippen LogP contribution in [-0.4, -0.2) is 29.0 Å². The zero-order valence-electron chi connectivity index (χ0n) is 11.3. The van der Waals surface area contributed by atoms with Crippen LogP contribution in [0.4, 0.5) is 0 Å². The van der Waals surface area contributed by atoms with Gasteiger partial charge < -0.3 is 5.73 Å². The Kier molecular flexibility index (Phi) is 6.06. The molecule has 2 heterocycles. The molecule has 1 aromatic rings. The van der Waals surface area contributed by atoms with Crippen LogP contribution < -0.4 is 5.73 Å². The highest BCUT2D eigenvalue weighted by Gasteiger charge is 2.27. The van der Waals surface area contributed by atoms with Gasteiger partial charge in [0.2, 0.25) is 0 Å². The Morgan fingerprint density at radius 2 is 2.28 bits per heavy atom. The van der Waals surface area contributed by atoms with E-state index in [9.17, 15) is 0 Å². The van der Waals surface area contributed by atoms with E-state index in [0.29, 0.717) is 12.0 Å². The fourth-order valence-electron chi connectivity index (χ4n) is 2.82. The van der Waals surface area contributed by atoms with Gasteiger partial charge in [0.1, 0.15) is 0 Å². The topological polar surface area (TPSA) is 42.2 Å². The number of nitrogens with zero attached hydrogens (tertiary/aromatic N) is 2. The van der Waals surface area contributed by atoms with Crippen LogP contribution in [0.1, 0.15) is 31.0 Å². The van der Waals surface area contributed by atoms with Crippen molar-refractivity contribution in [1.29, 1.82) is 0 Å². The molecule has 2 unspecified atom stereocenters. The highest BCUT2D eigenvalue weighted by molar-refractivity contribution is 5.85. The lowest BCUT2D eigenvalue weighted by Gasteiger charge is -2.39. The van der Waals surface area contributed by atoms with E-state index in [1.807, 2.05) is 12.3 Å². The lowest BCUT2D eigenvalue weighted by atomic mass is 9.90. The number of nitrogens with two attached hydrogens (primary N) is 1. The van der Waals surface area contributed by atoms with Crippen molar-refractivity contribution in [3.05, 3.63) is 29.6 Å². The standard InChI is InChI=1S/C14H23N3.ClH/c1-11-5-4-8-17(14(11)9-15)10-13-6-3-7-16-12(13)2;/h3,6-7,11,14H,4-5,8-10,15H2,1-2H3;1H. The average Bonchev–Trinajstić information content (AvgIpc) is 2.32. The van der Waals surface area contributed by atoms with Crippen molar-refractivity contribution in [1.82, 2.24) is 9.88 Å². The minimum atomic E-state index is 0. The lowest BCUT2D eigenvalue weighted by Crippen LogP contribution is -2.48. The van der Waals surface area contributed by atoms with Gasteiger partial charge in [-0.25, -0.2) is 0 Å². The normalized spacial score (nSPS) is 24.6. The first-order chi connectivity index (χ1) is 8.22. The van der Waals surface area contributed by atoms with E-state index in [-0.39, 0.29) is 12.4 Å². The van der Waals surface area contributed by atoms with Gasteiger partial charge in [-0.3, -0.25) is 9.88 Å². The minimum absolute atomic E-state index is 0. The third-order valence-corrected chi connectivity index (χ3v) is 3.96. The molecule has 1 aromatic heterocycles. The number of rotatable bonds is 3. The summed E-state index contributed by atoms with van der Waals surface area (Å²) in [6.07, 6.45) is 4.46. The molecule has 0 amide bonds. The summed E-state index contributed by atoms with van der Waals surface area (Å²) in [5, 5.41) is 0. The third kappa shape index (κ3) is 3.44. The van der Waals surface area contributed by atoms with Gasteiger partial charge in [0.15, 0.2) is 0 Å². The van der Waals surface area contributed by atoms with Crippen LogP contribution >= 0.6 is 12.4 Å². The Morgan fingerprint density at radius 1 is 1.50 bits per heavy atom. The number of hydrogen-bond acceptors (Lipinski definition) is 3. The summed E-state index contributed by atoms with van der Waals surface area (Å²) in [6, 6.07) is 4.73. The van der Waals surface area contributed by atoms with Crippen LogP contribution in [0, 0.1) is 12.8 Å². The number of hydrogen-bond donors (Lipinski definition) is 1. The Morgan fingerprint density at radius 3 is 2.94 bits per heavy atom. The fourth-order valence-corrected chi connectivity index (χ4v) is 2.82. The number of aromatic nitrogens is 1. The molecule has 1 aliphatic heterocycles. The minimum Gasteiger partial charge on any atom is -0.329 e. The largest absolute Gasteiger partial charge is 0.329 e. The van der Waals surface area contributed by atoms with Gasteiger partial charge in [0, 0.05) is 31.0 Å². The van der Waals surface area contributed by atoms with Crippen LogP contribution in [-0.2, 0) is 6.54 Å². The Bertz CT molecular complexity index is 370. The maximum absolute atomic E-state index is 5.92. The van der Waals surface area contributed by atoms with Crippen molar-refractivity contribution in [3.8, 4) is 0 Å². The molecule has 0 aromatic carbocycles. The summed E-state index contributed by atoms with van der Waals surface area (Å²) in [5.74, 6) is 0.714. The smallest absolute Gasteiger partial charge is 0.0417 e. The first kappa shape index (κ1) is 15.4. The maximum atomic E-state index is 5.92. The van der Waals surface area contributed by atoms with Gasteiger partial charge in [-0.15, -0.1) is 12.4 Å². The molecule has 0 aliphatic carbocycles. The molecule has 1 aliphatic rings. The zero-order valence-corrected chi connectivity index (χ0v) is 12.1. The van der Waals surface area contributed by atoms with E-state index in [1.165, 1.54) is 24.9 Å². The molecular formula is C14H24ClN3. The van der Waals surface area contributed by atoms with Gasteiger partial charge >= 0.3 is 0 Å². The summed E-state index contributed by atoms with van der Waals surface area (Å²) in [4.78, 5) is 6.88. The van der Waals surface area contributed by atoms with Crippen molar-refractivity contribution in [2.45, 2.75) is 39.3 Å². The molecular weight excluding hydrogens is 246 g/mol. The molecule has 0 bridgehead atoms.